The maximum absolute atomic E-state index is 5.86. The number of hydrogen-bond acceptors (Lipinski definition) is 3. The third-order valence-corrected chi connectivity index (χ3v) is 5.48. The van der Waals surface area contributed by atoms with E-state index < -0.39 is 0 Å². The first-order valence-corrected chi connectivity index (χ1v) is 8.69. The van der Waals surface area contributed by atoms with Gasteiger partial charge in [0.25, 0.3) is 0 Å². The minimum atomic E-state index is 0.615. The van der Waals surface area contributed by atoms with Crippen molar-refractivity contribution in [2.24, 2.45) is 11.1 Å². The number of aromatic nitrogens is 1. The van der Waals surface area contributed by atoms with Gasteiger partial charge in [-0.2, -0.15) is 0 Å². The Morgan fingerprint density at radius 2 is 1.86 bits per heavy atom. The second kappa shape index (κ2) is 6.35. The van der Waals surface area contributed by atoms with Crippen molar-refractivity contribution in [2.45, 2.75) is 64.8 Å². The standard InChI is InChI=1S/C18H29N3/c1-2-5-16-12-15(14-19)13-17(20-16)21-10-8-18(9-11-21)6-3-4-7-18/h12-13H,2-11,14,19H2,1H3. The van der Waals surface area contributed by atoms with Crippen molar-refractivity contribution < 1.29 is 0 Å². The summed E-state index contributed by atoms with van der Waals surface area (Å²) in [5.74, 6) is 1.16. The maximum atomic E-state index is 5.86. The Bertz CT molecular complexity index is 467. The Hall–Kier alpha value is -1.09. The average Bonchev–Trinajstić information content (AvgIpc) is 2.96. The normalized spacial score (nSPS) is 21.1. The highest BCUT2D eigenvalue weighted by Crippen LogP contribution is 2.46. The zero-order chi connectivity index (χ0) is 14.7. The van der Waals surface area contributed by atoms with Gasteiger partial charge in [-0.25, -0.2) is 4.98 Å². The molecule has 2 fully saturated rings. The lowest BCUT2D eigenvalue weighted by Crippen LogP contribution is -2.39. The Balaban J connectivity index is 1.73. The second-order valence-electron chi connectivity index (χ2n) is 6.97. The van der Waals surface area contributed by atoms with Crippen LogP contribution in [0.5, 0.6) is 0 Å². The SMILES string of the molecule is CCCc1cc(CN)cc(N2CCC3(CCCC3)CC2)n1. The van der Waals surface area contributed by atoms with E-state index in [0.29, 0.717) is 12.0 Å². The Morgan fingerprint density at radius 3 is 2.48 bits per heavy atom. The molecule has 3 heteroatoms. The fraction of sp³-hybridized carbons (Fsp3) is 0.722. The van der Waals surface area contributed by atoms with Gasteiger partial charge in [0.15, 0.2) is 0 Å². The molecule has 1 spiro atoms. The summed E-state index contributed by atoms with van der Waals surface area (Å²) < 4.78 is 0. The summed E-state index contributed by atoms with van der Waals surface area (Å²) in [5, 5.41) is 0. The van der Waals surface area contributed by atoms with Crippen molar-refractivity contribution in [2.75, 3.05) is 18.0 Å². The van der Waals surface area contributed by atoms with Crippen LogP contribution in [0.4, 0.5) is 5.82 Å². The Morgan fingerprint density at radius 1 is 1.14 bits per heavy atom. The first-order valence-electron chi connectivity index (χ1n) is 8.69. The lowest BCUT2D eigenvalue weighted by molar-refractivity contribution is 0.226. The molecule has 21 heavy (non-hydrogen) atoms. The summed E-state index contributed by atoms with van der Waals surface area (Å²) in [5.41, 5.74) is 8.97. The van der Waals surface area contributed by atoms with Gasteiger partial charge in [-0.05, 0) is 55.2 Å². The van der Waals surface area contributed by atoms with Crippen molar-refractivity contribution in [1.29, 1.82) is 0 Å². The number of aryl methyl sites for hydroxylation is 1. The van der Waals surface area contributed by atoms with E-state index in [0.717, 1.165) is 18.7 Å². The van der Waals surface area contributed by atoms with Crippen molar-refractivity contribution in [3.05, 3.63) is 23.4 Å². The van der Waals surface area contributed by atoms with Crippen LogP contribution < -0.4 is 10.6 Å². The summed E-state index contributed by atoms with van der Waals surface area (Å²) in [6, 6.07) is 4.38. The zero-order valence-electron chi connectivity index (χ0n) is 13.4. The molecule has 0 aromatic carbocycles. The summed E-state index contributed by atoms with van der Waals surface area (Å²) in [6.07, 6.45) is 10.7. The van der Waals surface area contributed by atoms with Gasteiger partial charge in [0.2, 0.25) is 0 Å². The van der Waals surface area contributed by atoms with Gasteiger partial charge in [0.05, 0.1) is 0 Å². The van der Waals surface area contributed by atoms with E-state index >= 15 is 0 Å². The number of nitrogens with zero attached hydrogens (tertiary/aromatic N) is 2. The van der Waals surface area contributed by atoms with Crippen LogP contribution in [0, 0.1) is 5.41 Å². The zero-order valence-corrected chi connectivity index (χ0v) is 13.4. The van der Waals surface area contributed by atoms with E-state index in [1.807, 2.05) is 0 Å². The number of pyridine rings is 1. The molecule has 0 amide bonds. The van der Waals surface area contributed by atoms with Gasteiger partial charge < -0.3 is 10.6 Å². The number of nitrogens with two attached hydrogens (primary N) is 1. The van der Waals surface area contributed by atoms with Gasteiger partial charge in [-0.15, -0.1) is 0 Å². The molecule has 1 saturated carbocycles. The van der Waals surface area contributed by atoms with Crippen molar-refractivity contribution in [3.63, 3.8) is 0 Å². The lowest BCUT2D eigenvalue weighted by atomic mass is 9.77. The maximum Gasteiger partial charge on any atom is 0.129 e. The molecule has 1 aromatic heterocycles. The van der Waals surface area contributed by atoms with Gasteiger partial charge in [-0.3, -0.25) is 0 Å². The van der Waals surface area contributed by atoms with Crippen LogP contribution in [0.2, 0.25) is 0 Å². The molecule has 0 bridgehead atoms. The Kier molecular flexibility index (Phi) is 4.48. The third kappa shape index (κ3) is 3.23. The monoisotopic (exact) mass is 287 g/mol. The summed E-state index contributed by atoms with van der Waals surface area (Å²) in [7, 11) is 0. The van der Waals surface area contributed by atoms with Gasteiger partial charge >= 0.3 is 0 Å². The summed E-state index contributed by atoms with van der Waals surface area (Å²) in [4.78, 5) is 7.37. The highest BCUT2D eigenvalue weighted by atomic mass is 15.2. The number of piperidine rings is 1. The van der Waals surface area contributed by atoms with Crippen molar-refractivity contribution in [3.8, 4) is 0 Å². The van der Waals surface area contributed by atoms with Gasteiger partial charge in [-0.1, -0.05) is 26.2 Å². The molecule has 0 radical (unpaired) electrons. The van der Waals surface area contributed by atoms with E-state index in [1.165, 1.54) is 62.9 Å². The van der Waals surface area contributed by atoms with E-state index in [1.54, 1.807) is 0 Å². The molecule has 1 saturated heterocycles. The lowest BCUT2D eigenvalue weighted by Gasteiger charge is -2.40. The third-order valence-electron chi connectivity index (χ3n) is 5.48. The Labute approximate surface area is 128 Å². The van der Waals surface area contributed by atoms with E-state index in [9.17, 15) is 0 Å². The first kappa shape index (κ1) is 14.8. The van der Waals surface area contributed by atoms with E-state index in [2.05, 4.69) is 24.0 Å². The van der Waals surface area contributed by atoms with E-state index in [4.69, 9.17) is 10.7 Å². The van der Waals surface area contributed by atoms with Crippen LogP contribution in [0.1, 0.15) is 63.1 Å². The van der Waals surface area contributed by atoms with Crippen LogP contribution in [0.15, 0.2) is 12.1 Å². The number of anilines is 1. The summed E-state index contributed by atoms with van der Waals surface area (Å²) >= 11 is 0. The molecule has 1 aromatic rings. The fourth-order valence-electron chi connectivity index (χ4n) is 4.13. The van der Waals surface area contributed by atoms with Crippen LogP contribution in [-0.4, -0.2) is 18.1 Å². The predicted octanol–water partition coefficient (Wildman–Crippen LogP) is 3.65. The summed E-state index contributed by atoms with van der Waals surface area (Å²) in [6.45, 7) is 5.17. The second-order valence-corrected chi connectivity index (χ2v) is 6.97. The van der Waals surface area contributed by atoms with Gasteiger partial charge in [0.1, 0.15) is 5.82 Å². The molecule has 2 N–H and O–H groups in total. The number of hydrogen-bond donors (Lipinski definition) is 1. The molecule has 0 unspecified atom stereocenters. The predicted molar refractivity (Wildman–Crippen MR) is 88.5 cm³/mol. The molecule has 116 valence electrons. The highest BCUT2D eigenvalue weighted by molar-refractivity contribution is 5.43. The fourth-order valence-corrected chi connectivity index (χ4v) is 4.13. The topological polar surface area (TPSA) is 42.1 Å². The quantitative estimate of drug-likeness (QED) is 0.919. The molecular weight excluding hydrogens is 258 g/mol. The minimum absolute atomic E-state index is 0.615. The van der Waals surface area contributed by atoms with Gasteiger partial charge in [0, 0.05) is 25.3 Å². The molecule has 1 aliphatic carbocycles. The van der Waals surface area contributed by atoms with Crippen LogP contribution in [-0.2, 0) is 13.0 Å². The molecule has 1 aliphatic heterocycles. The average molecular weight is 287 g/mol. The molecule has 0 atom stereocenters. The molecule has 3 nitrogen and oxygen atoms in total. The number of rotatable bonds is 4. The molecular formula is C18H29N3. The van der Waals surface area contributed by atoms with Crippen LogP contribution >= 0.6 is 0 Å². The minimum Gasteiger partial charge on any atom is -0.357 e. The van der Waals surface area contributed by atoms with E-state index in [-0.39, 0.29) is 0 Å². The molecule has 2 aliphatic rings. The van der Waals surface area contributed by atoms with Crippen LogP contribution in [0.3, 0.4) is 0 Å². The van der Waals surface area contributed by atoms with Crippen LogP contribution in [0.25, 0.3) is 0 Å². The first-order chi connectivity index (χ1) is 10.2. The van der Waals surface area contributed by atoms with Crippen molar-refractivity contribution >= 4 is 5.82 Å². The van der Waals surface area contributed by atoms with Crippen molar-refractivity contribution in [1.82, 2.24) is 4.98 Å². The molecule has 2 heterocycles. The largest absolute Gasteiger partial charge is 0.357 e. The highest BCUT2D eigenvalue weighted by Gasteiger charge is 2.37. The smallest absolute Gasteiger partial charge is 0.129 e. The molecule has 3 rings (SSSR count).